The zero-order chi connectivity index (χ0) is 9.97. The summed E-state index contributed by atoms with van der Waals surface area (Å²) in [5.74, 6) is 0. The number of rotatable bonds is 3. The molecule has 0 unspecified atom stereocenters. The van der Waals surface area contributed by atoms with Gasteiger partial charge in [0.25, 0.3) is 5.69 Å². The van der Waals surface area contributed by atoms with Crippen molar-refractivity contribution in [3.63, 3.8) is 0 Å². The van der Waals surface area contributed by atoms with Crippen LogP contribution in [-0.4, -0.2) is 17.5 Å². The molecule has 1 atom stereocenters. The van der Waals surface area contributed by atoms with Gasteiger partial charge in [0.05, 0.1) is 4.92 Å². The third-order valence-corrected chi connectivity index (χ3v) is 2.56. The van der Waals surface area contributed by atoms with Crippen LogP contribution in [-0.2, 0) is 6.42 Å². The first kappa shape index (κ1) is 9.15. The highest BCUT2D eigenvalue weighted by atomic mass is 16.6. The average Bonchev–Trinajstić information content (AvgIpc) is 2.12. The van der Waals surface area contributed by atoms with E-state index in [2.05, 4.69) is 5.32 Å². The van der Waals surface area contributed by atoms with E-state index >= 15 is 0 Å². The minimum absolute atomic E-state index is 0.162. The molecule has 0 aromatic heterocycles. The topological polar surface area (TPSA) is 55.2 Å². The van der Waals surface area contributed by atoms with Crippen LogP contribution < -0.4 is 5.32 Å². The first-order chi connectivity index (χ1) is 6.75. The van der Waals surface area contributed by atoms with E-state index in [1.807, 2.05) is 12.1 Å². The Labute approximate surface area is 82.1 Å². The predicted molar refractivity (Wildman–Crippen MR) is 53.2 cm³/mol. The molecule has 74 valence electrons. The van der Waals surface area contributed by atoms with Crippen LogP contribution >= 0.6 is 0 Å². The van der Waals surface area contributed by atoms with Crippen LogP contribution in [0.3, 0.4) is 0 Å². The van der Waals surface area contributed by atoms with Crippen molar-refractivity contribution < 1.29 is 4.92 Å². The fourth-order valence-corrected chi connectivity index (χ4v) is 1.56. The van der Waals surface area contributed by atoms with Gasteiger partial charge in [-0.1, -0.05) is 12.1 Å². The SMILES string of the molecule is O=[N+]([O-])c1ccc(C[C@H]2CCN2)cc1. The van der Waals surface area contributed by atoms with Gasteiger partial charge in [-0.05, 0) is 24.9 Å². The molecule has 14 heavy (non-hydrogen) atoms. The zero-order valence-electron chi connectivity index (χ0n) is 7.77. The highest BCUT2D eigenvalue weighted by Crippen LogP contribution is 2.15. The summed E-state index contributed by atoms with van der Waals surface area (Å²) < 4.78 is 0. The van der Waals surface area contributed by atoms with Crippen LogP contribution in [0.4, 0.5) is 5.69 Å². The van der Waals surface area contributed by atoms with Crippen LogP contribution in [0, 0.1) is 10.1 Å². The molecule has 1 aliphatic rings. The van der Waals surface area contributed by atoms with Crippen molar-refractivity contribution in [2.45, 2.75) is 18.9 Å². The minimum atomic E-state index is -0.370. The number of non-ortho nitro benzene ring substituents is 1. The van der Waals surface area contributed by atoms with Gasteiger partial charge in [-0.2, -0.15) is 0 Å². The van der Waals surface area contributed by atoms with Crippen molar-refractivity contribution >= 4 is 5.69 Å². The maximum absolute atomic E-state index is 10.4. The number of hydrogen-bond donors (Lipinski definition) is 1. The van der Waals surface area contributed by atoms with Crippen molar-refractivity contribution in [3.05, 3.63) is 39.9 Å². The smallest absolute Gasteiger partial charge is 0.269 e. The molecule has 4 nitrogen and oxygen atoms in total. The van der Waals surface area contributed by atoms with Crippen molar-refractivity contribution in [2.75, 3.05) is 6.54 Å². The number of nitro benzene ring substituents is 1. The molecule has 1 aliphatic heterocycles. The monoisotopic (exact) mass is 192 g/mol. The Hall–Kier alpha value is -1.42. The first-order valence-corrected chi connectivity index (χ1v) is 4.72. The Morgan fingerprint density at radius 2 is 2.07 bits per heavy atom. The Bertz CT molecular complexity index is 330. The third kappa shape index (κ3) is 1.90. The molecule has 1 N–H and O–H groups in total. The van der Waals surface area contributed by atoms with Gasteiger partial charge in [-0.15, -0.1) is 0 Å². The molecular weight excluding hydrogens is 180 g/mol. The predicted octanol–water partition coefficient (Wildman–Crippen LogP) is 1.50. The van der Waals surface area contributed by atoms with E-state index in [0.29, 0.717) is 6.04 Å². The standard InChI is InChI=1S/C10H12N2O2/c13-12(14)10-3-1-8(2-4-10)7-9-5-6-11-9/h1-4,9,11H,5-7H2/t9-/m1/s1. The summed E-state index contributed by atoms with van der Waals surface area (Å²) >= 11 is 0. The fraction of sp³-hybridized carbons (Fsp3) is 0.400. The number of nitrogens with zero attached hydrogens (tertiary/aromatic N) is 1. The molecule has 1 aromatic rings. The quantitative estimate of drug-likeness (QED) is 0.583. The molecular formula is C10H12N2O2. The summed E-state index contributed by atoms with van der Waals surface area (Å²) in [4.78, 5) is 10.0. The molecule has 2 rings (SSSR count). The van der Waals surface area contributed by atoms with Crippen molar-refractivity contribution in [1.29, 1.82) is 0 Å². The Balaban J connectivity index is 2.01. The van der Waals surface area contributed by atoms with E-state index in [-0.39, 0.29) is 10.6 Å². The lowest BCUT2D eigenvalue weighted by molar-refractivity contribution is -0.384. The van der Waals surface area contributed by atoms with Gasteiger partial charge in [0.2, 0.25) is 0 Å². The summed E-state index contributed by atoms with van der Waals surface area (Å²) in [6, 6.07) is 7.36. The highest BCUT2D eigenvalue weighted by Gasteiger charge is 2.16. The van der Waals surface area contributed by atoms with E-state index < -0.39 is 0 Å². The van der Waals surface area contributed by atoms with Gasteiger partial charge >= 0.3 is 0 Å². The second-order valence-electron chi connectivity index (χ2n) is 3.57. The maximum atomic E-state index is 10.4. The molecule has 0 radical (unpaired) electrons. The summed E-state index contributed by atoms with van der Waals surface area (Å²) in [6.45, 7) is 1.09. The number of benzene rings is 1. The van der Waals surface area contributed by atoms with Crippen LogP contribution in [0.15, 0.2) is 24.3 Å². The summed E-state index contributed by atoms with van der Waals surface area (Å²) in [5.41, 5.74) is 1.32. The van der Waals surface area contributed by atoms with E-state index in [1.54, 1.807) is 12.1 Å². The molecule has 0 saturated carbocycles. The largest absolute Gasteiger partial charge is 0.314 e. The van der Waals surface area contributed by atoms with E-state index in [1.165, 1.54) is 6.42 Å². The summed E-state index contributed by atoms with van der Waals surface area (Å²) in [6.07, 6.45) is 2.18. The lowest BCUT2D eigenvalue weighted by atomic mass is 9.98. The molecule has 4 heteroatoms. The molecule has 0 aliphatic carbocycles. The first-order valence-electron chi connectivity index (χ1n) is 4.72. The average molecular weight is 192 g/mol. The lowest BCUT2D eigenvalue weighted by Gasteiger charge is -2.27. The number of nitrogens with one attached hydrogen (secondary N) is 1. The maximum Gasteiger partial charge on any atom is 0.269 e. The molecule has 0 amide bonds. The lowest BCUT2D eigenvalue weighted by Crippen LogP contribution is -2.44. The van der Waals surface area contributed by atoms with Crippen LogP contribution in [0.5, 0.6) is 0 Å². The van der Waals surface area contributed by atoms with E-state index in [4.69, 9.17) is 0 Å². The van der Waals surface area contributed by atoms with Crippen LogP contribution in [0.1, 0.15) is 12.0 Å². The summed E-state index contributed by atoms with van der Waals surface area (Å²) in [5, 5.41) is 13.7. The summed E-state index contributed by atoms with van der Waals surface area (Å²) in [7, 11) is 0. The Morgan fingerprint density at radius 3 is 2.50 bits per heavy atom. The second kappa shape index (κ2) is 3.75. The van der Waals surface area contributed by atoms with Gasteiger partial charge in [0.15, 0.2) is 0 Å². The van der Waals surface area contributed by atoms with Crippen molar-refractivity contribution in [3.8, 4) is 0 Å². The molecule has 1 saturated heterocycles. The third-order valence-electron chi connectivity index (χ3n) is 2.56. The minimum Gasteiger partial charge on any atom is -0.314 e. The second-order valence-corrected chi connectivity index (χ2v) is 3.57. The van der Waals surface area contributed by atoms with Gasteiger partial charge in [-0.25, -0.2) is 0 Å². The van der Waals surface area contributed by atoms with Gasteiger partial charge < -0.3 is 5.32 Å². The van der Waals surface area contributed by atoms with Crippen molar-refractivity contribution in [1.82, 2.24) is 5.32 Å². The Morgan fingerprint density at radius 1 is 1.43 bits per heavy atom. The van der Waals surface area contributed by atoms with Gasteiger partial charge in [-0.3, -0.25) is 10.1 Å². The molecule has 1 aromatic carbocycles. The van der Waals surface area contributed by atoms with Crippen molar-refractivity contribution in [2.24, 2.45) is 0 Å². The van der Waals surface area contributed by atoms with E-state index in [0.717, 1.165) is 18.5 Å². The van der Waals surface area contributed by atoms with Gasteiger partial charge in [0.1, 0.15) is 0 Å². The molecule has 0 spiro atoms. The fourth-order valence-electron chi connectivity index (χ4n) is 1.56. The molecule has 0 bridgehead atoms. The number of hydrogen-bond acceptors (Lipinski definition) is 3. The molecule has 1 heterocycles. The number of nitro groups is 1. The van der Waals surface area contributed by atoms with E-state index in [9.17, 15) is 10.1 Å². The van der Waals surface area contributed by atoms with Gasteiger partial charge in [0, 0.05) is 18.2 Å². The normalized spacial score (nSPS) is 20.1. The highest BCUT2D eigenvalue weighted by molar-refractivity contribution is 5.33. The van der Waals surface area contributed by atoms with Crippen LogP contribution in [0.25, 0.3) is 0 Å². The molecule has 1 fully saturated rings. The Kier molecular flexibility index (Phi) is 2.45. The van der Waals surface area contributed by atoms with Crippen LogP contribution in [0.2, 0.25) is 0 Å². The zero-order valence-corrected chi connectivity index (χ0v) is 7.77.